The zero-order valence-electron chi connectivity index (χ0n) is 17.8. The number of anilines is 1. The molecule has 3 aromatic heterocycles. The van der Waals surface area contributed by atoms with E-state index in [1.54, 1.807) is 6.20 Å². The summed E-state index contributed by atoms with van der Waals surface area (Å²) in [5, 5.41) is 8.01. The maximum Gasteiger partial charge on any atom is 0.222 e. The van der Waals surface area contributed by atoms with E-state index in [0.29, 0.717) is 24.8 Å². The number of hydrogen-bond donors (Lipinski definition) is 1. The Bertz CT molecular complexity index is 998. The molecule has 8 heteroatoms. The molecular weight excluding hydrogens is 375 g/mol. The number of hydrogen-bond acceptors (Lipinski definition) is 5. The lowest BCUT2D eigenvalue weighted by atomic mass is 9.92. The Hall–Kier alpha value is -2.90. The number of piperidine rings is 1. The van der Waals surface area contributed by atoms with Crippen molar-refractivity contribution in [1.29, 1.82) is 0 Å². The van der Waals surface area contributed by atoms with Crippen molar-refractivity contribution in [3.05, 3.63) is 48.0 Å². The molecule has 1 amide bonds. The minimum absolute atomic E-state index is 0.296. The van der Waals surface area contributed by atoms with Crippen LogP contribution in [0.15, 0.2) is 36.8 Å². The van der Waals surface area contributed by atoms with Crippen molar-refractivity contribution in [2.45, 2.75) is 51.5 Å². The van der Waals surface area contributed by atoms with Crippen molar-refractivity contribution in [3.8, 4) is 0 Å². The first-order valence-corrected chi connectivity index (χ1v) is 10.9. The molecule has 3 aromatic rings. The van der Waals surface area contributed by atoms with Crippen LogP contribution < -0.4 is 10.8 Å². The number of fused-ring (bicyclic) bond motifs is 1. The molecule has 1 fully saturated rings. The Labute approximate surface area is 178 Å². The van der Waals surface area contributed by atoms with Gasteiger partial charge in [-0.25, -0.2) is 4.98 Å². The molecule has 1 aliphatic rings. The molecule has 0 bridgehead atoms. The van der Waals surface area contributed by atoms with E-state index >= 15 is 0 Å². The van der Waals surface area contributed by atoms with Crippen LogP contribution in [-0.2, 0) is 11.3 Å². The first-order valence-electron chi connectivity index (χ1n) is 10.9. The zero-order chi connectivity index (χ0) is 20.9. The Morgan fingerprint density at radius 2 is 2.13 bits per heavy atom. The smallest absolute Gasteiger partial charge is 0.222 e. The fourth-order valence-corrected chi connectivity index (χ4v) is 4.03. The Morgan fingerprint density at radius 3 is 2.87 bits per heavy atom. The molecular formula is C22H29BN6O. The standard InChI is InChI=1S/C22H29BN6O/c1-2-3-6-21(30)28-10-7-17(8-11-28)19-12-20(25-14-16-5-4-9-24-13-16)29-22(27-19)18(23)15-26-29/h4-5,9,12-13,15,17,25H,2-3,6-8,10-11,14,23H2,1H3. The van der Waals surface area contributed by atoms with E-state index in [0.717, 1.165) is 67.0 Å². The Balaban J connectivity index is 1.50. The predicted molar refractivity (Wildman–Crippen MR) is 121 cm³/mol. The van der Waals surface area contributed by atoms with Crippen LogP contribution in [0.25, 0.3) is 5.65 Å². The minimum atomic E-state index is 0.296. The molecule has 0 aliphatic carbocycles. The summed E-state index contributed by atoms with van der Waals surface area (Å²) in [6, 6.07) is 6.12. The number of pyridine rings is 1. The summed E-state index contributed by atoms with van der Waals surface area (Å²) in [5.41, 5.74) is 4.16. The van der Waals surface area contributed by atoms with Crippen molar-refractivity contribution >= 4 is 30.7 Å². The molecule has 0 aromatic carbocycles. The maximum atomic E-state index is 12.3. The van der Waals surface area contributed by atoms with Gasteiger partial charge in [0.05, 0.1) is 0 Å². The van der Waals surface area contributed by atoms with Crippen LogP contribution in [0.4, 0.5) is 5.82 Å². The molecule has 1 aliphatic heterocycles. The van der Waals surface area contributed by atoms with Crippen molar-refractivity contribution in [2.75, 3.05) is 18.4 Å². The summed E-state index contributed by atoms with van der Waals surface area (Å²) in [5.74, 6) is 1.59. The van der Waals surface area contributed by atoms with Crippen LogP contribution in [0.3, 0.4) is 0 Å². The SMILES string of the molecule is Bc1cnn2c(NCc3cccnc3)cc(C3CCN(C(=O)CCCC)CC3)nc12. The van der Waals surface area contributed by atoms with Crippen LogP contribution in [0, 0.1) is 0 Å². The lowest BCUT2D eigenvalue weighted by molar-refractivity contribution is -0.132. The summed E-state index contributed by atoms with van der Waals surface area (Å²) in [7, 11) is 2.04. The van der Waals surface area contributed by atoms with E-state index in [-0.39, 0.29) is 0 Å². The van der Waals surface area contributed by atoms with Gasteiger partial charge in [-0.15, -0.1) is 0 Å². The van der Waals surface area contributed by atoms with Crippen molar-refractivity contribution in [1.82, 2.24) is 24.5 Å². The molecule has 4 heterocycles. The maximum absolute atomic E-state index is 12.3. The first-order chi connectivity index (χ1) is 14.7. The lowest BCUT2D eigenvalue weighted by Gasteiger charge is -2.32. The number of rotatable bonds is 7. The Kier molecular flexibility index (Phi) is 6.30. The van der Waals surface area contributed by atoms with E-state index in [1.807, 2.05) is 35.7 Å². The van der Waals surface area contributed by atoms with Crippen molar-refractivity contribution in [2.24, 2.45) is 0 Å². The second-order valence-corrected chi connectivity index (χ2v) is 8.10. The lowest BCUT2D eigenvalue weighted by Crippen LogP contribution is -2.38. The highest BCUT2D eigenvalue weighted by atomic mass is 16.2. The number of likely N-dealkylation sites (tertiary alicyclic amines) is 1. The van der Waals surface area contributed by atoms with Gasteiger partial charge in [-0.2, -0.15) is 9.61 Å². The van der Waals surface area contributed by atoms with Crippen molar-refractivity contribution in [3.63, 3.8) is 0 Å². The summed E-state index contributed by atoms with van der Waals surface area (Å²) in [6.45, 7) is 4.43. The number of aromatic nitrogens is 4. The number of unbranched alkanes of at least 4 members (excludes halogenated alkanes) is 1. The first kappa shape index (κ1) is 20.4. The molecule has 0 unspecified atom stereocenters. The molecule has 0 radical (unpaired) electrons. The zero-order valence-corrected chi connectivity index (χ0v) is 17.8. The van der Waals surface area contributed by atoms with E-state index in [1.165, 1.54) is 0 Å². The van der Waals surface area contributed by atoms with Crippen LogP contribution in [0.1, 0.15) is 56.2 Å². The van der Waals surface area contributed by atoms with Gasteiger partial charge >= 0.3 is 0 Å². The Morgan fingerprint density at radius 1 is 1.30 bits per heavy atom. The minimum Gasteiger partial charge on any atom is -0.366 e. The van der Waals surface area contributed by atoms with Gasteiger partial charge < -0.3 is 10.2 Å². The van der Waals surface area contributed by atoms with Crippen LogP contribution in [0.2, 0.25) is 0 Å². The highest BCUT2D eigenvalue weighted by Gasteiger charge is 2.25. The summed E-state index contributed by atoms with van der Waals surface area (Å²) < 4.78 is 1.87. The third-order valence-electron chi connectivity index (χ3n) is 5.87. The van der Waals surface area contributed by atoms with Gasteiger partial charge in [0.1, 0.15) is 13.7 Å². The molecule has 1 N–H and O–H groups in total. The van der Waals surface area contributed by atoms with Gasteiger partial charge in [-0.1, -0.05) is 19.4 Å². The quantitative estimate of drug-likeness (QED) is 0.609. The molecule has 4 rings (SSSR count). The summed E-state index contributed by atoms with van der Waals surface area (Å²) >= 11 is 0. The van der Waals surface area contributed by atoms with Gasteiger partial charge in [0.15, 0.2) is 5.65 Å². The van der Waals surface area contributed by atoms with Gasteiger partial charge in [-0.3, -0.25) is 9.78 Å². The average molecular weight is 404 g/mol. The highest BCUT2D eigenvalue weighted by Crippen LogP contribution is 2.29. The molecule has 0 saturated carbocycles. The van der Waals surface area contributed by atoms with E-state index in [2.05, 4.69) is 34.5 Å². The normalized spacial score (nSPS) is 14.9. The number of nitrogens with zero attached hydrogens (tertiary/aromatic N) is 5. The van der Waals surface area contributed by atoms with Crippen LogP contribution in [0.5, 0.6) is 0 Å². The van der Waals surface area contributed by atoms with E-state index < -0.39 is 0 Å². The largest absolute Gasteiger partial charge is 0.366 e. The fourth-order valence-electron chi connectivity index (χ4n) is 4.03. The van der Waals surface area contributed by atoms with Crippen LogP contribution >= 0.6 is 0 Å². The second kappa shape index (κ2) is 9.28. The predicted octanol–water partition coefficient (Wildman–Crippen LogP) is 1.89. The number of amides is 1. The average Bonchev–Trinajstić information content (AvgIpc) is 3.17. The topological polar surface area (TPSA) is 75.4 Å². The number of carbonyl (C=O) groups is 1. The van der Waals surface area contributed by atoms with Gasteiger partial charge in [0.25, 0.3) is 0 Å². The van der Waals surface area contributed by atoms with Crippen LogP contribution in [-0.4, -0.2) is 51.3 Å². The second-order valence-electron chi connectivity index (χ2n) is 8.10. The van der Waals surface area contributed by atoms with Gasteiger partial charge in [0.2, 0.25) is 5.91 Å². The number of carbonyl (C=O) groups excluding carboxylic acids is 1. The summed E-state index contributed by atoms with van der Waals surface area (Å²) in [6.07, 6.45) is 10.1. The van der Waals surface area contributed by atoms with Gasteiger partial charge in [-0.05, 0) is 36.4 Å². The number of nitrogens with one attached hydrogen (secondary N) is 1. The molecule has 7 nitrogen and oxygen atoms in total. The third-order valence-corrected chi connectivity index (χ3v) is 5.87. The molecule has 156 valence electrons. The summed E-state index contributed by atoms with van der Waals surface area (Å²) in [4.78, 5) is 23.5. The van der Waals surface area contributed by atoms with Gasteiger partial charge in [0, 0.05) is 62.3 Å². The van der Waals surface area contributed by atoms with E-state index in [4.69, 9.17) is 4.98 Å². The molecule has 1 saturated heterocycles. The highest BCUT2D eigenvalue weighted by molar-refractivity contribution is 6.36. The monoisotopic (exact) mass is 404 g/mol. The fraction of sp³-hybridized carbons (Fsp3) is 0.455. The molecule has 30 heavy (non-hydrogen) atoms. The molecule has 0 spiro atoms. The van der Waals surface area contributed by atoms with Crippen molar-refractivity contribution < 1.29 is 4.79 Å². The third kappa shape index (κ3) is 4.47. The molecule has 0 atom stereocenters. The van der Waals surface area contributed by atoms with E-state index in [9.17, 15) is 4.79 Å².